The molecule has 1 unspecified atom stereocenters. The molecule has 2 nitrogen and oxygen atoms in total. The Bertz CT molecular complexity index is 630. The third kappa shape index (κ3) is 3.90. The zero-order valence-electron chi connectivity index (χ0n) is 12.4. The van der Waals surface area contributed by atoms with E-state index in [9.17, 15) is 0 Å². The van der Waals surface area contributed by atoms with Gasteiger partial charge < -0.3 is 10.1 Å². The summed E-state index contributed by atoms with van der Waals surface area (Å²) in [4.78, 5) is 0. The maximum absolute atomic E-state index is 6.13. The first-order valence-electron chi connectivity index (χ1n) is 6.81. The fourth-order valence-electron chi connectivity index (χ4n) is 2.43. The van der Waals surface area contributed by atoms with Gasteiger partial charge >= 0.3 is 0 Å². The number of hydrogen-bond donors (Lipinski definition) is 1. The second-order valence-electron chi connectivity index (χ2n) is 4.98. The number of hydrogen-bond acceptors (Lipinski definition) is 2. The smallest absolute Gasteiger partial charge is 0.122 e. The Morgan fingerprint density at radius 3 is 2.71 bits per heavy atom. The quantitative estimate of drug-likeness (QED) is 0.711. The van der Waals surface area contributed by atoms with Crippen molar-refractivity contribution in [1.29, 1.82) is 0 Å². The number of benzene rings is 2. The van der Waals surface area contributed by atoms with Crippen LogP contribution in [0.5, 0.6) is 5.75 Å². The molecular formula is C17H19ClINO. The zero-order valence-corrected chi connectivity index (χ0v) is 15.3. The third-order valence-corrected chi connectivity index (χ3v) is 5.32. The highest BCUT2D eigenvalue weighted by Gasteiger charge is 2.16. The number of ether oxygens (including phenoxy) is 1. The Kier molecular flexibility index (Phi) is 5.90. The van der Waals surface area contributed by atoms with Crippen LogP contribution in [0.3, 0.4) is 0 Å². The van der Waals surface area contributed by atoms with Crippen LogP contribution in [-0.2, 0) is 6.42 Å². The number of rotatable bonds is 5. The monoisotopic (exact) mass is 415 g/mol. The van der Waals surface area contributed by atoms with Crippen LogP contribution in [0.15, 0.2) is 36.4 Å². The average Bonchev–Trinajstić information content (AvgIpc) is 2.48. The minimum atomic E-state index is 0.226. The van der Waals surface area contributed by atoms with Crippen LogP contribution < -0.4 is 10.1 Å². The summed E-state index contributed by atoms with van der Waals surface area (Å²) >= 11 is 8.54. The lowest BCUT2D eigenvalue weighted by Gasteiger charge is -2.20. The van der Waals surface area contributed by atoms with Gasteiger partial charge in [-0.1, -0.05) is 29.8 Å². The lowest BCUT2D eigenvalue weighted by Crippen LogP contribution is -2.20. The Hall–Kier alpha value is -0.780. The average molecular weight is 416 g/mol. The van der Waals surface area contributed by atoms with Crippen molar-refractivity contribution in [3.63, 3.8) is 0 Å². The zero-order chi connectivity index (χ0) is 15.4. The van der Waals surface area contributed by atoms with E-state index in [2.05, 4.69) is 53.0 Å². The van der Waals surface area contributed by atoms with E-state index in [0.717, 1.165) is 22.8 Å². The fraction of sp³-hybridized carbons (Fsp3) is 0.294. The van der Waals surface area contributed by atoms with Crippen molar-refractivity contribution in [1.82, 2.24) is 5.32 Å². The number of halogens is 2. The minimum absolute atomic E-state index is 0.226. The Balaban J connectivity index is 2.35. The highest BCUT2D eigenvalue weighted by atomic mass is 127. The highest BCUT2D eigenvalue weighted by molar-refractivity contribution is 14.1. The maximum Gasteiger partial charge on any atom is 0.122 e. The Morgan fingerprint density at radius 1 is 1.29 bits per heavy atom. The van der Waals surface area contributed by atoms with E-state index in [1.165, 1.54) is 14.7 Å². The molecule has 0 fully saturated rings. The number of likely N-dealkylation sites (N-methyl/N-ethyl adjacent to an activating group) is 1. The summed E-state index contributed by atoms with van der Waals surface area (Å²) < 4.78 is 6.75. The third-order valence-electron chi connectivity index (χ3n) is 3.61. The van der Waals surface area contributed by atoms with Gasteiger partial charge in [-0.2, -0.15) is 0 Å². The molecule has 2 aromatic rings. The summed E-state index contributed by atoms with van der Waals surface area (Å²) in [5.41, 5.74) is 3.72. The summed E-state index contributed by atoms with van der Waals surface area (Å²) in [6, 6.07) is 12.4. The van der Waals surface area contributed by atoms with E-state index in [4.69, 9.17) is 16.3 Å². The standard InChI is InChI=1S/C17H19ClINO/c1-11-5-4-6-14(17(11)19)15(20-2)10-12-9-13(18)7-8-16(12)21-3/h4-9,15,20H,10H2,1-3H3. The molecule has 1 atom stereocenters. The molecule has 0 spiro atoms. The van der Waals surface area contributed by atoms with Gasteiger partial charge in [0.25, 0.3) is 0 Å². The van der Waals surface area contributed by atoms with E-state index in [1.807, 2.05) is 25.2 Å². The van der Waals surface area contributed by atoms with E-state index in [1.54, 1.807) is 7.11 Å². The van der Waals surface area contributed by atoms with Gasteiger partial charge in [-0.05, 0) is 77.9 Å². The molecule has 4 heteroatoms. The molecule has 1 N–H and O–H groups in total. The SMILES string of the molecule is CNC(Cc1cc(Cl)ccc1OC)c1cccc(C)c1I. The van der Waals surface area contributed by atoms with E-state index < -0.39 is 0 Å². The van der Waals surface area contributed by atoms with Gasteiger partial charge in [0.1, 0.15) is 5.75 Å². The first kappa shape index (κ1) is 16.6. The predicted molar refractivity (Wildman–Crippen MR) is 97.4 cm³/mol. The molecule has 0 bridgehead atoms. The van der Waals surface area contributed by atoms with Gasteiger partial charge in [0, 0.05) is 14.6 Å². The largest absolute Gasteiger partial charge is 0.496 e. The lowest BCUT2D eigenvalue weighted by molar-refractivity contribution is 0.406. The van der Waals surface area contributed by atoms with E-state index in [0.29, 0.717) is 0 Å². The first-order chi connectivity index (χ1) is 10.1. The summed E-state index contributed by atoms with van der Waals surface area (Å²) in [5, 5.41) is 4.14. The minimum Gasteiger partial charge on any atom is -0.496 e. The maximum atomic E-state index is 6.13. The van der Waals surface area contributed by atoms with E-state index >= 15 is 0 Å². The van der Waals surface area contributed by atoms with Crippen LogP contribution in [0.1, 0.15) is 22.7 Å². The molecule has 0 aliphatic heterocycles. The molecule has 0 aliphatic rings. The fourth-order valence-corrected chi connectivity index (χ4v) is 3.36. The number of methoxy groups -OCH3 is 1. The molecule has 0 saturated heterocycles. The van der Waals surface area contributed by atoms with Gasteiger partial charge in [0.05, 0.1) is 7.11 Å². The lowest BCUT2D eigenvalue weighted by atomic mass is 9.97. The summed E-state index contributed by atoms with van der Waals surface area (Å²) in [6.07, 6.45) is 0.833. The Morgan fingerprint density at radius 2 is 2.05 bits per heavy atom. The van der Waals surface area contributed by atoms with Crippen LogP contribution in [0.2, 0.25) is 5.02 Å². The van der Waals surface area contributed by atoms with Gasteiger partial charge in [0.2, 0.25) is 0 Å². The topological polar surface area (TPSA) is 21.3 Å². The second-order valence-corrected chi connectivity index (χ2v) is 6.49. The van der Waals surface area contributed by atoms with Gasteiger partial charge in [-0.15, -0.1) is 0 Å². The van der Waals surface area contributed by atoms with Crippen LogP contribution in [-0.4, -0.2) is 14.2 Å². The molecule has 0 saturated carbocycles. The summed E-state index contributed by atoms with van der Waals surface area (Å²) in [5.74, 6) is 0.877. The van der Waals surface area contributed by atoms with Crippen molar-refractivity contribution in [2.24, 2.45) is 0 Å². The predicted octanol–water partition coefficient (Wildman–Crippen LogP) is 4.76. The number of aryl methyl sites for hydroxylation is 1. The molecule has 21 heavy (non-hydrogen) atoms. The van der Waals surface area contributed by atoms with Gasteiger partial charge in [0.15, 0.2) is 0 Å². The molecule has 0 amide bonds. The van der Waals surface area contributed by atoms with Crippen molar-refractivity contribution in [3.8, 4) is 5.75 Å². The molecule has 0 aromatic heterocycles. The van der Waals surface area contributed by atoms with Crippen LogP contribution in [0.4, 0.5) is 0 Å². The van der Waals surface area contributed by atoms with Crippen LogP contribution in [0.25, 0.3) is 0 Å². The summed E-state index contributed by atoms with van der Waals surface area (Å²) in [7, 11) is 3.68. The van der Waals surface area contributed by atoms with Crippen molar-refractivity contribution in [3.05, 3.63) is 61.7 Å². The molecule has 112 valence electrons. The molecular weight excluding hydrogens is 397 g/mol. The van der Waals surface area contributed by atoms with Gasteiger partial charge in [-0.3, -0.25) is 0 Å². The van der Waals surface area contributed by atoms with Gasteiger partial charge in [-0.25, -0.2) is 0 Å². The van der Waals surface area contributed by atoms with Crippen molar-refractivity contribution in [2.45, 2.75) is 19.4 Å². The van der Waals surface area contributed by atoms with E-state index in [-0.39, 0.29) is 6.04 Å². The Labute approximate surface area is 145 Å². The first-order valence-corrected chi connectivity index (χ1v) is 8.27. The van der Waals surface area contributed by atoms with Crippen molar-refractivity contribution < 1.29 is 4.74 Å². The molecule has 2 rings (SSSR count). The van der Waals surface area contributed by atoms with Crippen LogP contribution in [0, 0.1) is 10.5 Å². The molecule has 0 radical (unpaired) electrons. The highest BCUT2D eigenvalue weighted by Crippen LogP contribution is 2.30. The second kappa shape index (κ2) is 7.47. The van der Waals surface area contributed by atoms with Crippen LogP contribution >= 0.6 is 34.2 Å². The van der Waals surface area contributed by atoms with Crippen molar-refractivity contribution >= 4 is 34.2 Å². The number of nitrogens with one attached hydrogen (secondary N) is 1. The molecule has 0 heterocycles. The normalized spacial score (nSPS) is 12.2. The molecule has 2 aromatic carbocycles. The summed E-state index contributed by atoms with van der Waals surface area (Å²) in [6.45, 7) is 2.14. The molecule has 0 aliphatic carbocycles. The van der Waals surface area contributed by atoms with Crippen molar-refractivity contribution in [2.75, 3.05) is 14.2 Å².